The first-order valence-corrected chi connectivity index (χ1v) is 11.4. The third kappa shape index (κ3) is 4.12. The number of thiazole rings is 1. The number of hydrogen-bond acceptors (Lipinski definition) is 6. The SMILES string of the molecule is O=C1O[C@]2(CC[C@H](CNc3nc(-c4ccccn4)cs3)CC2)CN1c1ccccc1F. The molecule has 8 heteroatoms. The molecule has 2 aliphatic rings. The second kappa shape index (κ2) is 8.26. The molecule has 1 saturated heterocycles. The number of nitrogens with zero attached hydrogens (tertiary/aromatic N) is 3. The second-order valence-corrected chi connectivity index (χ2v) is 9.02. The predicted octanol–water partition coefficient (Wildman–Crippen LogP) is 5.34. The molecule has 2 fully saturated rings. The van der Waals surface area contributed by atoms with Crippen molar-refractivity contribution in [1.29, 1.82) is 0 Å². The molecule has 160 valence electrons. The van der Waals surface area contributed by atoms with Crippen LogP contribution in [0.4, 0.5) is 20.0 Å². The number of ether oxygens (including phenoxy) is 1. The molecule has 1 saturated carbocycles. The quantitative estimate of drug-likeness (QED) is 0.582. The van der Waals surface area contributed by atoms with E-state index < -0.39 is 17.5 Å². The number of rotatable bonds is 5. The number of aromatic nitrogens is 2. The van der Waals surface area contributed by atoms with Crippen molar-refractivity contribution in [2.24, 2.45) is 5.92 Å². The second-order valence-electron chi connectivity index (χ2n) is 8.17. The summed E-state index contributed by atoms with van der Waals surface area (Å²) in [6.07, 6.45) is 4.78. The standard InChI is InChI=1S/C23H23FN4O2S/c24-17-5-1-2-7-20(17)28-15-23(30-22(28)29)10-8-16(9-11-23)13-26-21-27-19(14-31-21)18-6-3-4-12-25-18/h1-7,12,14,16H,8-11,13,15H2,(H,26,27)/t16-,23-. The number of para-hydroxylation sites is 1. The Bertz CT molecular complexity index is 1070. The topological polar surface area (TPSA) is 67.3 Å². The molecule has 1 spiro atoms. The number of nitrogens with one attached hydrogen (secondary N) is 1. The van der Waals surface area contributed by atoms with E-state index in [0.29, 0.717) is 18.2 Å². The summed E-state index contributed by atoms with van der Waals surface area (Å²) in [6.45, 7) is 1.24. The maximum atomic E-state index is 14.1. The zero-order valence-electron chi connectivity index (χ0n) is 17.0. The van der Waals surface area contributed by atoms with E-state index in [0.717, 1.165) is 48.7 Å². The molecule has 6 nitrogen and oxygen atoms in total. The van der Waals surface area contributed by atoms with Gasteiger partial charge in [-0.25, -0.2) is 14.2 Å². The lowest BCUT2D eigenvalue weighted by Crippen LogP contribution is -2.39. The Morgan fingerprint density at radius 1 is 1.16 bits per heavy atom. The lowest BCUT2D eigenvalue weighted by atomic mass is 9.78. The Balaban J connectivity index is 1.16. The van der Waals surface area contributed by atoms with Crippen molar-refractivity contribution < 1.29 is 13.9 Å². The molecule has 0 bridgehead atoms. The van der Waals surface area contributed by atoms with Crippen LogP contribution in [0.15, 0.2) is 54.0 Å². The summed E-state index contributed by atoms with van der Waals surface area (Å²) in [6, 6.07) is 12.1. The maximum absolute atomic E-state index is 14.1. The zero-order chi connectivity index (χ0) is 21.3. The lowest BCUT2D eigenvalue weighted by molar-refractivity contribution is 0.0148. The molecule has 0 atom stereocenters. The van der Waals surface area contributed by atoms with Crippen molar-refractivity contribution in [3.05, 3.63) is 59.9 Å². The molecule has 1 aromatic carbocycles. The van der Waals surface area contributed by atoms with Crippen molar-refractivity contribution in [3.8, 4) is 11.4 Å². The van der Waals surface area contributed by atoms with Gasteiger partial charge in [-0.2, -0.15) is 0 Å². The Hall–Kier alpha value is -3.00. The molecule has 0 unspecified atom stereocenters. The normalized spacial score (nSPS) is 23.2. The highest BCUT2D eigenvalue weighted by atomic mass is 32.1. The number of anilines is 2. The zero-order valence-corrected chi connectivity index (χ0v) is 17.8. The molecule has 1 amide bonds. The molecule has 1 N–H and O–H groups in total. The number of benzene rings is 1. The number of amides is 1. The monoisotopic (exact) mass is 438 g/mol. The fraction of sp³-hybridized carbons (Fsp3) is 0.348. The Morgan fingerprint density at radius 3 is 2.74 bits per heavy atom. The molecule has 1 aliphatic heterocycles. The number of halogens is 1. The van der Waals surface area contributed by atoms with Gasteiger partial charge in [0.1, 0.15) is 17.1 Å². The van der Waals surface area contributed by atoms with Crippen LogP contribution >= 0.6 is 11.3 Å². The van der Waals surface area contributed by atoms with E-state index >= 15 is 0 Å². The minimum Gasteiger partial charge on any atom is -0.441 e. The highest BCUT2D eigenvalue weighted by Gasteiger charge is 2.48. The van der Waals surface area contributed by atoms with Crippen molar-refractivity contribution >= 4 is 28.2 Å². The molecule has 2 aromatic heterocycles. The summed E-state index contributed by atoms with van der Waals surface area (Å²) >= 11 is 1.58. The lowest BCUT2D eigenvalue weighted by Gasteiger charge is -2.35. The van der Waals surface area contributed by atoms with Gasteiger partial charge in [0.25, 0.3) is 0 Å². The van der Waals surface area contributed by atoms with E-state index in [2.05, 4.69) is 15.3 Å². The van der Waals surface area contributed by atoms with Gasteiger partial charge in [-0.05, 0) is 55.9 Å². The van der Waals surface area contributed by atoms with Gasteiger partial charge in [-0.3, -0.25) is 9.88 Å². The summed E-state index contributed by atoms with van der Waals surface area (Å²) < 4.78 is 19.9. The summed E-state index contributed by atoms with van der Waals surface area (Å²) in [5.74, 6) is 0.0805. The van der Waals surface area contributed by atoms with Gasteiger partial charge < -0.3 is 10.1 Å². The van der Waals surface area contributed by atoms with Crippen LogP contribution < -0.4 is 10.2 Å². The first-order chi connectivity index (χ1) is 15.1. The summed E-state index contributed by atoms with van der Waals surface area (Å²) in [7, 11) is 0. The fourth-order valence-electron chi connectivity index (χ4n) is 4.37. The smallest absolute Gasteiger partial charge is 0.415 e. The number of carbonyl (C=O) groups excluding carboxylic acids is 1. The van der Waals surface area contributed by atoms with Crippen LogP contribution in [0.3, 0.4) is 0 Å². The minimum atomic E-state index is -0.511. The van der Waals surface area contributed by atoms with Gasteiger partial charge in [-0.15, -0.1) is 11.3 Å². The minimum absolute atomic E-state index is 0.292. The Labute approximate surface area is 184 Å². The van der Waals surface area contributed by atoms with E-state index in [1.807, 2.05) is 23.6 Å². The Kier molecular flexibility index (Phi) is 5.31. The van der Waals surface area contributed by atoms with Gasteiger partial charge in [0.05, 0.1) is 17.9 Å². The first-order valence-electron chi connectivity index (χ1n) is 10.5. The number of carbonyl (C=O) groups is 1. The van der Waals surface area contributed by atoms with E-state index in [-0.39, 0.29) is 0 Å². The average molecular weight is 439 g/mol. The van der Waals surface area contributed by atoms with E-state index in [4.69, 9.17) is 4.74 Å². The van der Waals surface area contributed by atoms with Crippen molar-refractivity contribution in [3.63, 3.8) is 0 Å². The molecule has 3 aromatic rings. The highest BCUT2D eigenvalue weighted by Crippen LogP contribution is 2.41. The van der Waals surface area contributed by atoms with Crippen molar-refractivity contribution in [2.45, 2.75) is 31.3 Å². The first kappa shape index (κ1) is 19.9. The maximum Gasteiger partial charge on any atom is 0.415 e. The van der Waals surface area contributed by atoms with Crippen LogP contribution in [-0.4, -0.2) is 34.8 Å². The summed E-state index contributed by atoms with van der Waals surface area (Å²) in [5, 5.41) is 6.34. The molecule has 1 aliphatic carbocycles. The third-order valence-electron chi connectivity index (χ3n) is 6.10. The van der Waals surface area contributed by atoms with Crippen LogP contribution in [0.2, 0.25) is 0 Å². The molecule has 0 radical (unpaired) electrons. The number of pyridine rings is 1. The third-order valence-corrected chi connectivity index (χ3v) is 6.90. The molecular weight excluding hydrogens is 415 g/mol. The number of hydrogen-bond donors (Lipinski definition) is 1. The fourth-order valence-corrected chi connectivity index (χ4v) is 5.08. The summed E-state index contributed by atoms with van der Waals surface area (Å²) in [5.41, 5.74) is 1.53. The molecular formula is C23H23FN4O2S. The van der Waals surface area contributed by atoms with Gasteiger partial charge in [0, 0.05) is 18.1 Å². The highest BCUT2D eigenvalue weighted by molar-refractivity contribution is 7.14. The van der Waals surface area contributed by atoms with Crippen LogP contribution in [0, 0.1) is 11.7 Å². The van der Waals surface area contributed by atoms with Crippen molar-refractivity contribution in [2.75, 3.05) is 23.3 Å². The predicted molar refractivity (Wildman–Crippen MR) is 119 cm³/mol. The van der Waals surface area contributed by atoms with Gasteiger partial charge >= 0.3 is 6.09 Å². The van der Waals surface area contributed by atoms with Crippen LogP contribution in [-0.2, 0) is 4.74 Å². The molecule has 5 rings (SSSR count). The van der Waals surface area contributed by atoms with Crippen molar-refractivity contribution in [1.82, 2.24) is 9.97 Å². The largest absolute Gasteiger partial charge is 0.441 e. The van der Waals surface area contributed by atoms with E-state index in [9.17, 15) is 9.18 Å². The molecule has 31 heavy (non-hydrogen) atoms. The Morgan fingerprint density at radius 2 is 1.97 bits per heavy atom. The molecule has 3 heterocycles. The van der Waals surface area contributed by atoms with Gasteiger partial charge in [0.15, 0.2) is 5.13 Å². The van der Waals surface area contributed by atoms with Gasteiger partial charge in [-0.1, -0.05) is 18.2 Å². The van der Waals surface area contributed by atoms with Gasteiger partial charge in [0.2, 0.25) is 0 Å². The average Bonchev–Trinajstić information content (AvgIpc) is 3.39. The van der Waals surface area contributed by atoms with Crippen LogP contribution in [0.1, 0.15) is 25.7 Å². The van der Waals surface area contributed by atoms with E-state index in [1.54, 1.807) is 35.7 Å². The van der Waals surface area contributed by atoms with Crippen LogP contribution in [0.5, 0.6) is 0 Å². The van der Waals surface area contributed by atoms with Crippen LogP contribution in [0.25, 0.3) is 11.4 Å². The van der Waals surface area contributed by atoms with E-state index in [1.165, 1.54) is 11.0 Å². The summed E-state index contributed by atoms with van der Waals surface area (Å²) in [4.78, 5) is 22.8.